The Labute approximate surface area is 146 Å². The lowest BCUT2D eigenvalue weighted by Crippen LogP contribution is -2.22. The Morgan fingerprint density at radius 3 is 2.25 bits per heavy atom. The summed E-state index contributed by atoms with van der Waals surface area (Å²) in [5, 5.41) is 10.1. The number of carbonyl (C=O) groups excluding carboxylic acids is 1. The summed E-state index contributed by atoms with van der Waals surface area (Å²) in [4.78, 5) is 12.1. The zero-order chi connectivity index (χ0) is 17.8. The number of aliphatic hydroxyl groups is 1. The third-order valence-corrected chi connectivity index (χ3v) is 4.28. The second-order valence-corrected chi connectivity index (χ2v) is 6.25. The minimum Gasteiger partial charge on any atom is -0.493 e. The van der Waals surface area contributed by atoms with Gasteiger partial charge in [-0.25, -0.2) is 0 Å². The fourth-order valence-corrected chi connectivity index (χ4v) is 2.77. The average molecular weight is 336 g/mol. The van der Waals surface area contributed by atoms with Crippen LogP contribution in [-0.2, 0) is 11.2 Å². The molecule has 0 saturated heterocycles. The number of rotatable bonds is 13. The molecule has 0 aliphatic carbocycles. The van der Waals surface area contributed by atoms with Gasteiger partial charge in [-0.2, -0.15) is 0 Å². The van der Waals surface area contributed by atoms with E-state index in [9.17, 15) is 9.90 Å². The first-order valence-electron chi connectivity index (χ1n) is 9.04. The molecule has 0 amide bonds. The van der Waals surface area contributed by atoms with Crippen molar-refractivity contribution in [3.8, 4) is 11.5 Å². The van der Waals surface area contributed by atoms with Crippen LogP contribution in [0, 0.1) is 0 Å². The summed E-state index contributed by atoms with van der Waals surface area (Å²) in [6.45, 7) is 2.21. The fourth-order valence-electron chi connectivity index (χ4n) is 2.77. The smallest absolute Gasteiger partial charge is 0.161 e. The van der Waals surface area contributed by atoms with Crippen LogP contribution in [0.25, 0.3) is 0 Å². The maximum Gasteiger partial charge on any atom is 0.161 e. The second kappa shape index (κ2) is 11.9. The van der Waals surface area contributed by atoms with Crippen molar-refractivity contribution < 1.29 is 19.4 Å². The van der Waals surface area contributed by atoms with Crippen molar-refractivity contribution in [2.24, 2.45) is 0 Å². The van der Waals surface area contributed by atoms with Crippen LogP contribution in [0.3, 0.4) is 0 Å². The Hall–Kier alpha value is -1.55. The molecule has 1 aromatic rings. The van der Waals surface area contributed by atoms with Crippen molar-refractivity contribution >= 4 is 5.78 Å². The van der Waals surface area contributed by atoms with E-state index in [0.717, 1.165) is 18.4 Å². The van der Waals surface area contributed by atoms with Crippen LogP contribution in [0.4, 0.5) is 0 Å². The molecule has 0 radical (unpaired) electrons. The first kappa shape index (κ1) is 20.5. The zero-order valence-electron chi connectivity index (χ0n) is 15.3. The Bertz CT molecular complexity index is 485. The lowest BCUT2D eigenvalue weighted by Gasteiger charge is -2.12. The maximum absolute atomic E-state index is 12.1. The first-order chi connectivity index (χ1) is 11.6. The molecule has 1 atom stereocenters. The number of hydrogen-bond donors (Lipinski definition) is 1. The molecule has 4 nitrogen and oxygen atoms in total. The van der Waals surface area contributed by atoms with Gasteiger partial charge in [-0.05, 0) is 24.1 Å². The van der Waals surface area contributed by atoms with Crippen LogP contribution in [0.1, 0.15) is 63.9 Å². The number of Topliss-reactive ketones (excluding diaryl/α,β-unsaturated/α-hetero) is 1. The van der Waals surface area contributed by atoms with Gasteiger partial charge in [0, 0.05) is 12.8 Å². The topological polar surface area (TPSA) is 55.8 Å². The molecule has 1 aromatic carbocycles. The molecule has 24 heavy (non-hydrogen) atoms. The number of carbonyl (C=O) groups is 1. The SMILES string of the molecule is CCCCCCCCCC(=O)C(O)Cc1ccc(OC)c(OC)c1. The fraction of sp³-hybridized carbons (Fsp3) is 0.650. The number of methoxy groups -OCH3 is 2. The molecule has 0 aliphatic rings. The predicted octanol–water partition coefficient (Wildman–Crippen LogP) is 4.32. The predicted molar refractivity (Wildman–Crippen MR) is 96.9 cm³/mol. The van der Waals surface area contributed by atoms with E-state index < -0.39 is 6.10 Å². The lowest BCUT2D eigenvalue weighted by molar-refractivity contribution is -0.127. The Balaban J connectivity index is 2.33. The van der Waals surface area contributed by atoms with Crippen LogP contribution < -0.4 is 9.47 Å². The van der Waals surface area contributed by atoms with E-state index in [-0.39, 0.29) is 5.78 Å². The van der Waals surface area contributed by atoms with E-state index in [4.69, 9.17) is 9.47 Å². The number of ketones is 1. The number of hydrogen-bond acceptors (Lipinski definition) is 4. The molecular weight excluding hydrogens is 304 g/mol. The van der Waals surface area contributed by atoms with E-state index in [1.165, 1.54) is 32.1 Å². The van der Waals surface area contributed by atoms with Gasteiger partial charge in [0.25, 0.3) is 0 Å². The Morgan fingerprint density at radius 2 is 1.62 bits per heavy atom. The molecule has 1 N–H and O–H groups in total. The van der Waals surface area contributed by atoms with Crippen molar-refractivity contribution in [2.45, 2.75) is 70.8 Å². The van der Waals surface area contributed by atoms with Gasteiger partial charge in [0.05, 0.1) is 14.2 Å². The van der Waals surface area contributed by atoms with Crippen molar-refractivity contribution in [1.82, 2.24) is 0 Å². The largest absolute Gasteiger partial charge is 0.493 e. The van der Waals surface area contributed by atoms with Gasteiger partial charge in [-0.15, -0.1) is 0 Å². The normalized spacial score (nSPS) is 12.0. The van der Waals surface area contributed by atoms with Crippen molar-refractivity contribution in [3.05, 3.63) is 23.8 Å². The first-order valence-corrected chi connectivity index (χ1v) is 9.04. The minimum atomic E-state index is -0.941. The van der Waals surface area contributed by atoms with Crippen LogP contribution in [0.5, 0.6) is 11.5 Å². The van der Waals surface area contributed by atoms with Gasteiger partial charge in [0.2, 0.25) is 0 Å². The van der Waals surface area contributed by atoms with E-state index in [2.05, 4.69) is 6.92 Å². The molecule has 0 aromatic heterocycles. The number of benzene rings is 1. The molecule has 0 heterocycles. The maximum atomic E-state index is 12.1. The van der Waals surface area contributed by atoms with Gasteiger partial charge in [0.1, 0.15) is 6.10 Å². The van der Waals surface area contributed by atoms with Crippen molar-refractivity contribution in [3.63, 3.8) is 0 Å². The lowest BCUT2D eigenvalue weighted by atomic mass is 10.00. The zero-order valence-corrected chi connectivity index (χ0v) is 15.3. The number of ether oxygens (including phenoxy) is 2. The summed E-state index contributed by atoms with van der Waals surface area (Å²) in [5.41, 5.74) is 0.869. The summed E-state index contributed by atoms with van der Waals surface area (Å²) in [5.74, 6) is 1.19. The summed E-state index contributed by atoms with van der Waals surface area (Å²) in [6, 6.07) is 5.45. The highest BCUT2D eigenvalue weighted by molar-refractivity contribution is 5.83. The molecular formula is C20H32O4. The molecule has 0 saturated carbocycles. The molecule has 0 aliphatic heterocycles. The third kappa shape index (κ3) is 7.35. The van der Waals surface area contributed by atoms with E-state index in [1.807, 2.05) is 12.1 Å². The van der Waals surface area contributed by atoms with Crippen molar-refractivity contribution in [1.29, 1.82) is 0 Å². The summed E-state index contributed by atoms with van der Waals surface area (Å²) >= 11 is 0. The standard InChI is InChI=1S/C20H32O4/c1-4-5-6-7-8-9-10-11-17(21)18(22)14-16-12-13-19(23-2)20(15-16)24-3/h12-13,15,18,22H,4-11,14H2,1-3H3. The molecule has 0 spiro atoms. The van der Waals surface area contributed by atoms with E-state index in [0.29, 0.717) is 24.3 Å². The van der Waals surface area contributed by atoms with Gasteiger partial charge < -0.3 is 14.6 Å². The third-order valence-electron chi connectivity index (χ3n) is 4.28. The summed E-state index contributed by atoms with van der Waals surface area (Å²) in [7, 11) is 3.15. The molecule has 1 rings (SSSR count). The second-order valence-electron chi connectivity index (χ2n) is 6.25. The highest BCUT2D eigenvalue weighted by Crippen LogP contribution is 2.28. The molecule has 0 bridgehead atoms. The Kier molecular flexibility index (Phi) is 10.2. The monoisotopic (exact) mass is 336 g/mol. The highest BCUT2D eigenvalue weighted by atomic mass is 16.5. The number of unbranched alkanes of at least 4 members (excludes halogenated alkanes) is 6. The molecule has 136 valence electrons. The highest BCUT2D eigenvalue weighted by Gasteiger charge is 2.16. The van der Waals surface area contributed by atoms with Gasteiger partial charge in [-0.3, -0.25) is 4.79 Å². The van der Waals surface area contributed by atoms with Gasteiger partial charge in [-0.1, -0.05) is 51.5 Å². The summed E-state index contributed by atoms with van der Waals surface area (Å²) in [6.07, 6.45) is 8.03. The number of aliphatic hydroxyl groups excluding tert-OH is 1. The quantitative estimate of drug-likeness (QED) is 0.545. The Morgan fingerprint density at radius 1 is 1.00 bits per heavy atom. The van der Waals surface area contributed by atoms with Crippen molar-refractivity contribution in [2.75, 3.05) is 14.2 Å². The average Bonchev–Trinajstić information content (AvgIpc) is 2.60. The molecule has 4 heteroatoms. The van der Waals surface area contributed by atoms with Crippen LogP contribution in [0.2, 0.25) is 0 Å². The minimum absolute atomic E-state index is 0.0710. The summed E-state index contributed by atoms with van der Waals surface area (Å²) < 4.78 is 10.4. The molecule has 0 fully saturated rings. The van der Waals surface area contributed by atoms with E-state index in [1.54, 1.807) is 20.3 Å². The van der Waals surface area contributed by atoms with Gasteiger partial charge in [0.15, 0.2) is 17.3 Å². The van der Waals surface area contributed by atoms with E-state index >= 15 is 0 Å². The van der Waals surface area contributed by atoms with Crippen LogP contribution in [0.15, 0.2) is 18.2 Å². The van der Waals surface area contributed by atoms with Crippen LogP contribution in [-0.4, -0.2) is 31.2 Å². The molecule has 1 unspecified atom stereocenters. The van der Waals surface area contributed by atoms with Gasteiger partial charge >= 0.3 is 0 Å². The van der Waals surface area contributed by atoms with Crippen LogP contribution >= 0.6 is 0 Å².